The smallest absolute Gasteiger partial charge is 0.272 e. The first-order valence-electron chi connectivity index (χ1n) is 6.70. The molecule has 2 atom stereocenters. The van der Waals surface area contributed by atoms with E-state index in [1.54, 1.807) is 0 Å². The summed E-state index contributed by atoms with van der Waals surface area (Å²) in [6, 6.07) is 6.26. The lowest BCUT2D eigenvalue weighted by molar-refractivity contribution is 0.0656. The molecule has 112 valence electrons. The Morgan fingerprint density at radius 3 is 2.90 bits per heavy atom. The number of carbonyl (C=O) groups excluding carboxylic acids is 1. The van der Waals surface area contributed by atoms with E-state index in [9.17, 15) is 4.79 Å². The van der Waals surface area contributed by atoms with Gasteiger partial charge in [-0.3, -0.25) is 4.79 Å². The summed E-state index contributed by atoms with van der Waals surface area (Å²) in [5.74, 6) is 0.719. The molecule has 6 heteroatoms. The monoisotopic (exact) mass is 317 g/mol. The molecule has 0 saturated carbocycles. The Morgan fingerprint density at radius 2 is 2.15 bits per heavy atom. The minimum atomic E-state index is 0. The lowest BCUT2D eigenvalue weighted by atomic mass is 9.93. The van der Waals surface area contributed by atoms with Crippen molar-refractivity contribution in [3.05, 3.63) is 29.6 Å². The van der Waals surface area contributed by atoms with E-state index in [4.69, 9.17) is 0 Å². The summed E-state index contributed by atoms with van der Waals surface area (Å²) in [4.78, 5) is 18.7. The summed E-state index contributed by atoms with van der Waals surface area (Å²) in [6.07, 6.45) is 2.26. The van der Waals surface area contributed by atoms with E-state index in [2.05, 4.69) is 10.3 Å². The van der Waals surface area contributed by atoms with Crippen LogP contribution in [0, 0.1) is 12.8 Å². The highest BCUT2D eigenvalue weighted by Gasteiger charge is 2.34. The molecule has 2 fully saturated rings. The highest BCUT2D eigenvalue weighted by atomic mass is 35.5. The second kappa shape index (κ2) is 7.25. The molecule has 3 rings (SSSR count). The number of piperidine rings is 1. The maximum absolute atomic E-state index is 12.4. The van der Waals surface area contributed by atoms with Gasteiger partial charge in [0.05, 0.1) is 0 Å². The lowest BCUT2D eigenvalue weighted by Crippen LogP contribution is -2.47. The molecule has 1 N–H and O–H groups in total. The van der Waals surface area contributed by atoms with Crippen LogP contribution in [0.1, 0.15) is 29.0 Å². The highest BCUT2D eigenvalue weighted by molar-refractivity contribution is 5.92. The Morgan fingerprint density at radius 1 is 1.35 bits per heavy atom. The SMILES string of the molecule is Cc1cccc(C(=O)N2CCC3NCCC3C2)n1.Cl.Cl. The van der Waals surface area contributed by atoms with Crippen molar-refractivity contribution in [2.45, 2.75) is 25.8 Å². The zero-order chi connectivity index (χ0) is 12.5. The molecule has 2 aliphatic rings. The molecule has 2 saturated heterocycles. The Hall–Kier alpha value is -0.840. The van der Waals surface area contributed by atoms with E-state index in [-0.39, 0.29) is 30.7 Å². The fourth-order valence-electron chi connectivity index (χ4n) is 3.06. The minimum Gasteiger partial charge on any atom is -0.337 e. The van der Waals surface area contributed by atoms with Crippen LogP contribution in [0.2, 0.25) is 0 Å². The number of fused-ring (bicyclic) bond motifs is 1. The molecular formula is C14H21Cl2N3O. The standard InChI is InChI=1S/C14H19N3O.2ClH/c1-10-3-2-4-13(16-10)14(18)17-8-6-12-11(9-17)5-7-15-12;;/h2-4,11-12,15H,5-9H2,1H3;2*1H. The molecule has 20 heavy (non-hydrogen) atoms. The summed E-state index contributed by atoms with van der Waals surface area (Å²) in [5, 5.41) is 3.51. The third-order valence-corrected chi connectivity index (χ3v) is 4.05. The van der Waals surface area contributed by atoms with Crippen LogP contribution in [0.25, 0.3) is 0 Å². The van der Waals surface area contributed by atoms with Crippen LogP contribution in [0.4, 0.5) is 0 Å². The maximum atomic E-state index is 12.4. The average Bonchev–Trinajstić information content (AvgIpc) is 2.85. The summed E-state index contributed by atoms with van der Waals surface area (Å²) < 4.78 is 0. The number of rotatable bonds is 1. The second-order valence-electron chi connectivity index (χ2n) is 5.31. The number of amides is 1. The Kier molecular flexibility index (Phi) is 6.24. The van der Waals surface area contributed by atoms with Crippen LogP contribution in [0.5, 0.6) is 0 Å². The molecule has 0 bridgehead atoms. The van der Waals surface area contributed by atoms with Crippen LogP contribution in [-0.4, -0.2) is 41.5 Å². The lowest BCUT2D eigenvalue weighted by Gasteiger charge is -2.34. The van der Waals surface area contributed by atoms with Crippen molar-refractivity contribution in [2.75, 3.05) is 19.6 Å². The van der Waals surface area contributed by atoms with Gasteiger partial charge in [0, 0.05) is 24.8 Å². The molecule has 4 nitrogen and oxygen atoms in total. The fraction of sp³-hybridized carbons (Fsp3) is 0.571. The second-order valence-corrected chi connectivity index (χ2v) is 5.31. The number of aromatic nitrogens is 1. The molecule has 1 aromatic rings. The normalized spacial score (nSPS) is 24.4. The average molecular weight is 318 g/mol. The first-order valence-corrected chi connectivity index (χ1v) is 6.70. The van der Waals surface area contributed by atoms with E-state index in [0.29, 0.717) is 17.7 Å². The fourth-order valence-corrected chi connectivity index (χ4v) is 3.06. The van der Waals surface area contributed by atoms with Crippen LogP contribution in [0.15, 0.2) is 18.2 Å². The van der Waals surface area contributed by atoms with Crippen molar-refractivity contribution < 1.29 is 4.79 Å². The number of nitrogens with one attached hydrogen (secondary N) is 1. The number of halogens is 2. The van der Waals surface area contributed by atoms with Crippen LogP contribution < -0.4 is 5.32 Å². The highest BCUT2D eigenvalue weighted by Crippen LogP contribution is 2.25. The molecular weight excluding hydrogens is 297 g/mol. The van der Waals surface area contributed by atoms with E-state index in [1.807, 2.05) is 30.0 Å². The first-order chi connectivity index (χ1) is 8.74. The van der Waals surface area contributed by atoms with Gasteiger partial charge in [-0.1, -0.05) is 6.07 Å². The molecule has 1 amide bonds. The molecule has 0 aromatic carbocycles. The third-order valence-electron chi connectivity index (χ3n) is 4.05. The molecule has 0 aliphatic carbocycles. The van der Waals surface area contributed by atoms with Gasteiger partial charge in [0.25, 0.3) is 5.91 Å². The van der Waals surface area contributed by atoms with Gasteiger partial charge in [-0.05, 0) is 44.4 Å². The topological polar surface area (TPSA) is 45.2 Å². The predicted octanol–water partition coefficient (Wildman–Crippen LogP) is 2.06. The van der Waals surface area contributed by atoms with Crippen LogP contribution >= 0.6 is 24.8 Å². The minimum absolute atomic E-state index is 0. The number of carbonyl (C=O) groups is 1. The number of pyridine rings is 1. The van der Waals surface area contributed by atoms with Crippen molar-refractivity contribution in [3.8, 4) is 0 Å². The summed E-state index contributed by atoms with van der Waals surface area (Å²) >= 11 is 0. The van der Waals surface area contributed by atoms with Gasteiger partial charge >= 0.3 is 0 Å². The number of hydrogen-bond donors (Lipinski definition) is 1. The van der Waals surface area contributed by atoms with Crippen LogP contribution in [-0.2, 0) is 0 Å². The Balaban J connectivity index is 0.000001000. The molecule has 0 spiro atoms. The maximum Gasteiger partial charge on any atom is 0.272 e. The van der Waals surface area contributed by atoms with Crippen molar-refractivity contribution in [1.82, 2.24) is 15.2 Å². The summed E-state index contributed by atoms with van der Waals surface area (Å²) in [5.41, 5.74) is 1.48. The van der Waals surface area contributed by atoms with Crippen molar-refractivity contribution in [2.24, 2.45) is 5.92 Å². The molecule has 0 radical (unpaired) electrons. The molecule has 3 heterocycles. The third kappa shape index (κ3) is 3.43. The van der Waals surface area contributed by atoms with Gasteiger partial charge in [0.15, 0.2) is 0 Å². The van der Waals surface area contributed by atoms with Gasteiger partial charge in [-0.15, -0.1) is 24.8 Å². The van der Waals surface area contributed by atoms with Gasteiger partial charge < -0.3 is 10.2 Å². The van der Waals surface area contributed by atoms with Crippen molar-refractivity contribution >= 4 is 30.7 Å². The summed E-state index contributed by atoms with van der Waals surface area (Å²) in [7, 11) is 0. The van der Waals surface area contributed by atoms with E-state index < -0.39 is 0 Å². The number of nitrogens with zero attached hydrogens (tertiary/aromatic N) is 2. The number of aryl methyl sites for hydroxylation is 1. The summed E-state index contributed by atoms with van der Waals surface area (Å²) in [6.45, 7) is 4.75. The van der Waals surface area contributed by atoms with Gasteiger partial charge in [0.2, 0.25) is 0 Å². The Bertz CT molecular complexity index is 469. The Labute approximate surface area is 132 Å². The van der Waals surface area contributed by atoms with E-state index in [0.717, 1.165) is 31.7 Å². The predicted molar refractivity (Wildman–Crippen MR) is 83.9 cm³/mol. The molecule has 2 unspecified atom stereocenters. The quantitative estimate of drug-likeness (QED) is 0.862. The zero-order valence-corrected chi connectivity index (χ0v) is 13.2. The molecule has 2 aliphatic heterocycles. The van der Waals surface area contributed by atoms with E-state index in [1.165, 1.54) is 6.42 Å². The van der Waals surface area contributed by atoms with Crippen molar-refractivity contribution in [1.29, 1.82) is 0 Å². The van der Waals surface area contributed by atoms with Crippen LogP contribution in [0.3, 0.4) is 0 Å². The van der Waals surface area contributed by atoms with E-state index >= 15 is 0 Å². The largest absolute Gasteiger partial charge is 0.337 e. The zero-order valence-electron chi connectivity index (χ0n) is 11.5. The van der Waals surface area contributed by atoms with Gasteiger partial charge in [-0.25, -0.2) is 4.98 Å². The number of hydrogen-bond acceptors (Lipinski definition) is 3. The number of likely N-dealkylation sites (tertiary alicyclic amines) is 1. The van der Waals surface area contributed by atoms with Gasteiger partial charge in [0.1, 0.15) is 5.69 Å². The van der Waals surface area contributed by atoms with Gasteiger partial charge in [-0.2, -0.15) is 0 Å². The molecule has 1 aromatic heterocycles. The first kappa shape index (κ1) is 17.2. The van der Waals surface area contributed by atoms with Crippen molar-refractivity contribution in [3.63, 3.8) is 0 Å².